The zero-order valence-electron chi connectivity index (χ0n) is 45.4. The first-order chi connectivity index (χ1) is 33.0. The normalized spacial score (nSPS) is 12.6. The van der Waals surface area contributed by atoms with E-state index in [2.05, 4.69) is 31.3 Å². The molecule has 0 aromatic carbocycles. The van der Waals surface area contributed by atoms with Crippen LogP contribution < -0.4 is 5.32 Å². The molecule has 67 heavy (non-hydrogen) atoms. The van der Waals surface area contributed by atoms with Gasteiger partial charge in [-0.25, -0.2) is 0 Å². The summed E-state index contributed by atoms with van der Waals surface area (Å²) in [6.45, 7) is 4.95. The molecule has 0 radical (unpaired) electrons. The summed E-state index contributed by atoms with van der Waals surface area (Å²) < 4.78 is 5.47. The Kier molecular flexibility index (Phi) is 56.0. The molecule has 1 amide bonds. The van der Waals surface area contributed by atoms with Crippen molar-refractivity contribution in [2.75, 3.05) is 13.2 Å². The fraction of sp³-hybridized carbons (Fsp3) is 0.934. The van der Waals surface area contributed by atoms with E-state index in [9.17, 15) is 19.8 Å². The van der Waals surface area contributed by atoms with Crippen LogP contribution in [0.1, 0.15) is 341 Å². The molecule has 0 fully saturated rings. The summed E-state index contributed by atoms with van der Waals surface area (Å²) in [5.74, 6) is -0.0368. The maximum Gasteiger partial charge on any atom is 0.305 e. The maximum atomic E-state index is 12.5. The summed E-state index contributed by atoms with van der Waals surface area (Å²) >= 11 is 0. The molecule has 0 aliphatic carbocycles. The van der Waals surface area contributed by atoms with Crippen molar-refractivity contribution >= 4 is 11.9 Å². The highest BCUT2D eigenvalue weighted by atomic mass is 16.5. The van der Waals surface area contributed by atoms with Gasteiger partial charge in [0.15, 0.2) is 0 Å². The Labute approximate surface area is 419 Å². The molecule has 2 unspecified atom stereocenters. The number of nitrogens with one attached hydrogen (secondary N) is 1. The van der Waals surface area contributed by atoms with Gasteiger partial charge in [-0.2, -0.15) is 0 Å². The molecule has 2 atom stereocenters. The minimum absolute atomic E-state index is 0.00109. The molecule has 0 aliphatic rings. The Balaban J connectivity index is 3.41. The van der Waals surface area contributed by atoms with Crippen LogP contribution in [-0.4, -0.2) is 47.4 Å². The van der Waals surface area contributed by atoms with Crippen molar-refractivity contribution in [3.8, 4) is 0 Å². The van der Waals surface area contributed by atoms with Crippen LogP contribution in [0.4, 0.5) is 0 Å². The molecule has 0 bridgehead atoms. The van der Waals surface area contributed by atoms with Crippen LogP contribution in [0.5, 0.6) is 0 Å². The number of hydrogen-bond acceptors (Lipinski definition) is 5. The molecule has 6 heteroatoms. The van der Waals surface area contributed by atoms with Crippen molar-refractivity contribution in [3.05, 3.63) is 12.2 Å². The summed E-state index contributed by atoms with van der Waals surface area (Å²) in [5, 5.41) is 23.3. The Hall–Kier alpha value is -1.40. The molecule has 0 saturated heterocycles. The number of rotatable bonds is 57. The van der Waals surface area contributed by atoms with Gasteiger partial charge in [0.25, 0.3) is 0 Å². The monoisotopic (exact) mass is 946 g/mol. The summed E-state index contributed by atoms with van der Waals surface area (Å²) in [6, 6.07) is -0.544. The van der Waals surface area contributed by atoms with Crippen molar-refractivity contribution in [2.24, 2.45) is 0 Å². The highest BCUT2D eigenvalue weighted by molar-refractivity contribution is 5.76. The van der Waals surface area contributed by atoms with E-state index in [1.165, 1.54) is 263 Å². The summed E-state index contributed by atoms with van der Waals surface area (Å²) in [7, 11) is 0. The van der Waals surface area contributed by atoms with Crippen LogP contribution in [0.2, 0.25) is 0 Å². The number of amides is 1. The maximum absolute atomic E-state index is 12.5. The quantitative estimate of drug-likeness (QED) is 0.0321. The third-order valence-electron chi connectivity index (χ3n) is 14.3. The Morgan fingerprint density at radius 3 is 1.07 bits per heavy atom. The van der Waals surface area contributed by atoms with E-state index in [0.29, 0.717) is 25.9 Å². The van der Waals surface area contributed by atoms with Gasteiger partial charge in [0, 0.05) is 12.8 Å². The van der Waals surface area contributed by atoms with Gasteiger partial charge in [0.2, 0.25) is 5.91 Å². The summed E-state index contributed by atoms with van der Waals surface area (Å²) in [4.78, 5) is 24.5. The molecular weight excluding hydrogens is 827 g/mol. The fourth-order valence-electron chi connectivity index (χ4n) is 9.64. The van der Waals surface area contributed by atoms with Crippen molar-refractivity contribution in [3.63, 3.8) is 0 Å². The average molecular weight is 947 g/mol. The lowest BCUT2D eigenvalue weighted by atomic mass is 10.0. The number of esters is 1. The minimum atomic E-state index is -0.667. The van der Waals surface area contributed by atoms with Gasteiger partial charge in [0.05, 0.1) is 25.4 Å². The van der Waals surface area contributed by atoms with Crippen molar-refractivity contribution in [1.29, 1.82) is 0 Å². The molecule has 0 rings (SSSR count). The highest BCUT2D eigenvalue weighted by Gasteiger charge is 2.20. The lowest BCUT2D eigenvalue weighted by Gasteiger charge is -2.22. The molecule has 3 N–H and O–H groups in total. The fourth-order valence-corrected chi connectivity index (χ4v) is 9.64. The van der Waals surface area contributed by atoms with Crippen LogP contribution in [0, 0.1) is 0 Å². The van der Waals surface area contributed by atoms with Crippen LogP contribution in [0.3, 0.4) is 0 Å². The lowest BCUT2D eigenvalue weighted by molar-refractivity contribution is -0.143. The standard InChI is InChI=1S/C61H119NO5/c1-3-5-7-9-11-13-15-17-18-19-20-23-26-30-33-37-41-45-49-53-59(64)58(57-63)62-60(65)54-50-46-42-38-34-31-27-24-21-22-25-28-32-36-40-44-48-52-56-67-61(66)55-51-47-43-39-35-29-16-14-12-10-8-6-4-2/h14,16,58-59,63-64H,3-13,15,17-57H2,1-2H3,(H,62,65)/b16-14-. The largest absolute Gasteiger partial charge is 0.466 e. The van der Waals surface area contributed by atoms with E-state index in [-0.39, 0.29) is 18.5 Å². The van der Waals surface area contributed by atoms with Gasteiger partial charge < -0.3 is 20.3 Å². The van der Waals surface area contributed by atoms with Crippen LogP contribution in [-0.2, 0) is 14.3 Å². The van der Waals surface area contributed by atoms with Crippen molar-refractivity contribution in [2.45, 2.75) is 353 Å². The molecule has 0 spiro atoms. The van der Waals surface area contributed by atoms with E-state index in [0.717, 1.165) is 44.9 Å². The van der Waals surface area contributed by atoms with E-state index >= 15 is 0 Å². The second-order valence-electron chi connectivity index (χ2n) is 21.0. The third-order valence-corrected chi connectivity index (χ3v) is 14.3. The molecule has 0 aromatic heterocycles. The number of carbonyl (C=O) groups excluding carboxylic acids is 2. The van der Waals surface area contributed by atoms with Crippen LogP contribution >= 0.6 is 0 Å². The van der Waals surface area contributed by atoms with Gasteiger partial charge in [-0.05, 0) is 51.4 Å². The summed E-state index contributed by atoms with van der Waals surface area (Å²) in [5.41, 5.74) is 0. The first kappa shape index (κ1) is 65.6. The first-order valence-electron chi connectivity index (χ1n) is 30.4. The number of allylic oxidation sites excluding steroid dienone is 2. The number of ether oxygens (including phenoxy) is 1. The summed E-state index contributed by atoms with van der Waals surface area (Å²) in [6.07, 6.45) is 67.8. The van der Waals surface area contributed by atoms with Crippen molar-refractivity contribution < 1.29 is 24.5 Å². The number of hydrogen-bond donors (Lipinski definition) is 3. The molecule has 6 nitrogen and oxygen atoms in total. The second-order valence-corrected chi connectivity index (χ2v) is 21.0. The van der Waals surface area contributed by atoms with E-state index < -0.39 is 12.1 Å². The number of carbonyl (C=O) groups is 2. The van der Waals surface area contributed by atoms with Gasteiger partial charge in [-0.15, -0.1) is 0 Å². The van der Waals surface area contributed by atoms with E-state index in [1.807, 2.05) is 0 Å². The molecular formula is C61H119NO5. The van der Waals surface area contributed by atoms with Gasteiger partial charge in [-0.3, -0.25) is 9.59 Å². The van der Waals surface area contributed by atoms with E-state index in [1.54, 1.807) is 0 Å². The van der Waals surface area contributed by atoms with Crippen LogP contribution in [0.25, 0.3) is 0 Å². The minimum Gasteiger partial charge on any atom is -0.466 e. The average Bonchev–Trinajstić information content (AvgIpc) is 3.33. The Morgan fingerprint density at radius 1 is 0.403 bits per heavy atom. The molecule has 0 aliphatic heterocycles. The molecule has 398 valence electrons. The third kappa shape index (κ3) is 53.8. The molecule has 0 aromatic rings. The number of aliphatic hydroxyl groups excluding tert-OH is 2. The number of aliphatic hydroxyl groups is 2. The number of unbranched alkanes of at least 4 members (excludes halogenated alkanes) is 44. The SMILES string of the molecule is CCCCCC/C=C\CCCCCCCC(=O)OCCCCCCCCCCCCCCCCCCCCC(=O)NC(CO)C(O)CCCCCCCCCCCCCCCCCCCCC. The predicted octanol–water partition coefficient (Wildman–Crippen LogP) is 18.9. The van der Waals surface area contributed by atoms with E-state index in [4.69, 9.17) is 4.74 Å². The molecule has 0 heterocycles. The topological polar surface area (TPSA) is 95.9 Å². The smallest absolute Gasteiger partial charge is 0.305 e. The zero-order valence-corrected chi connectivity index (χ0v) is 45.4. The second kappa shape index (κ2) is 57.2. The van der Waals surface area contributed by atoms with Crippen LogP contribution in [0.15, 0.2) is 12.2 Å². The highest BCUT2D eigenvalue weighted by Crippen LogP contribution is 2.18. The Bertz CT molecular complexity index is 1000. The zero-order chi connectivity index (χ0) is 48.6. The lowest BCUT2D eigenvalue weighted by Crippen LogP contribution is -2.45. The Morgan fingerprint density at radius 2 is 0.701 bits per heavy atom. The predicted molar refractivity (Wildman–Crippen MR) is 292 cm³/mol. The van der Waals surface area contributed by atoms with Gasteiger partial charge in [-0.1, -0.05) is 289 Å². The molecule has 0 saturated carbocycles. The van der Waals surface area contributed by atoms with Gasteiger partial charge in [0.1, 0.15) is 0 Å². The van der Waals surface area contributed by atoms with Gasteiger partial charge >= 0.3 is 5.97 Å². The first-order valence-corrected chi connectivity index (χ1v) is 30.4. The van der Waals surface area contributed by atoms with Crippen molar-refractivity contribution in [1.82, 2.24) is 5.32 Å².